The Morgan fingerprint density at radius 3 is 1.00 bits per heavy atom. The summed E-state index contributed by atoms with van der Waals surface area (Å²) in [7, 11) is 0. The average molecular weight is 289 g/mol. The SMILES string of the molecule is [BeH+].[Na+].[Na+].[OH-].[O]=[Cr](=[O])([O-])[O][Cr](=[O])(=[O])[O-]. The molecule has 0 unspecified atom stereocenters. The van der Waals surface area contributed by atoms with E-state index in [9.17, 15) is 23.5 Å². The van der Waals surface area contributed by atoms with Crippen molar-refractivity contribution in [2.75, 3.05) is 0 Å². The van der Waals surface area contributed by atoms with Gasteiger partial charge in [0.1, 0.15) is 0 Å². The summed E-state index contributed by atoms with van der Waals surface area (Å²) in [6.45, 7) is 0. The fourth-order valence-electron chi connectivity index (χ4n) is 0.102. The first-order valence-corrected chi connectivity index (χ1v) is 5.50. The second-order valence-corrected chi connectivity index (χ2v) is 4.52. The Morgan fingerprint density at radius 1 is 0.846 bits per heavy atom. The second kappa shape index (κ2) is 10.8. The molecule has 0 aliphatic heterocycles. The number of hydrogen-bond acceptors (Lipinski definition) is 8. The zero-order valence-corrected chi connectivity index (χ0v) is 13.7. The molecule has 0 rings (SSSR count). The summed E-state index contributed by atoms with van der Waals surface area (Å²) in [4.78, 5) is 0. The zero-order valence-electron chi connectivity index (χ0n) is 7.12. The molecule has 0 aromatic rings. The quantitative estimate of drug-likeness (QED) is 0.454. The van der Waals surface area contributed by atoms with E-state index in [1.54, 1.807) is 0 Å². The summed E-state index contributed by atoms with van der Waals surface area (Å²) in [5.41, 5.74) is 0. The minimum atomic E-state index is -6.07. The van der Waals surface area contributed by atoms with Crippen LogP contribution in [0.2, 0.25) is 0 Å². The van der Waals surface area contributed by atoms with E-state index in [4.69, 9.17) is 0 Å². The molecule has 0 saturated heterocycles. The second-order valence-electron chi connectivity index (χ2n) is 0.885. The van der Waals surface area contributed by atoms with Crippen LogP contribution >= 0.6 is 0 Å². The van der Waals surface area contributed by atoms with Crippen LogP contribution in [0.4, 0.5) is 0 Å². The van der Waals surface area contributed by atoms with E-state index in [1.165, 1.54) is 0 Å². The predicted octanol–water partition coefficient (Wildman–Crippen LogP) is -9.74. The van der Waals surface area contributed by atoms with Crippen molar-refractivity contribution in [3.63, 3.8) is 0 Å². The van der Waals surface area contributed by atoms with E-state index in [0.717, 1.165) is 0 Å². The molecule has 0 radical (unpaired) electrons. The van der Waals surface area contributed by atoms with E-state index >= 15 is 0 Å². The van der Waals surface area contributed by atoms with Gasteiger partial charge in [0.15, 0.2) is 0 Å². The van der Waals surface area contributed by atoms with Gasteiger partial charge in [0.05, 0.1) is 0 Å². The summed E-state index contributed by atoms with van der Waals surface area (Å²) in [5, 5.41) is 0. The monoisotopic (exact) mass is 289 g/mol. The molecule has 0 spiro atoms. The van der Waals surface area contributed by atoms with Crippen LogP contribution < -0.4 is 67.4 Å². The van der Waals surface area contributed by atoms with Crippen molar-refractivity contribution >= 4 is 10.1 Å². The van der Waals surface area contributed by atoms with Crippen molar-refractivity contribution in [1.29, 1.82) is 0 Å². The van der Waals surface area contributed by atoms with E-state index in [2.05, 4.69) is 2.84 Å². The van der Waals surface area contributed by atoms with E-state index in [1.807, 2.05) is 0 Å². The van der Waals surface area contributed by atoms with E-state index < -0.39 is 27.2 Å². The van der Waals surface area contributed by atoms with Gasteiger partial charge >= 0.3 is 123 Å². The summed E-state index contributed by atoms with van der Waals surface area (Å²) < 4.78 is 58.9. The average Bonchev–Trinajstić information content (AvgIpc) is 1.14. The zero-order chi connectivity index (χ0) is 7.71. The van der Waals surface area contributed by atoms with Crippen molar-refractivity contribution in [1.82, 2.24) is 0 Å². The van der Waals surface area contributed by atoms with Gasteiger partial charge < -0.3 is 5.48 Å². The Kier molecular flexibility index (Phi) is 24.4. The molecule has 0 aliphatic rings. The molecule has 0 aliphatic carbocycles. The van der Waals surface area contributed by atoms with Crippen LogP contribution in [-0.2, 0) is 45.3 Å². The summed E-state index contributed by atoms with van der Waals surface area (Å²) in [6.07, 6.45) is 0. The first-order valence-electron chi connectivity index (χ1n) is 1.33. The van der Waals surface area contributed by atoms with Crippen molar-refractivity contribution in [3.05, 3.63) is 0 Å². The van der Waals surface area contributed by atoms with Crippen molar-refractivity contribution in [2.24, 2.45) is 0 Å². The standard InChI is InChI=1S/Be.2Cr.2Na.H2O.7O.H/h;;;;;1H2;;;;;;;;/q+1;;;2*+1;;;;;;;2*-1;/p-1. The summed E-state index contributed by atoms with van der Waals surface area (Å²) in [6, 6.07) is 0. The molecule has 0 atom stereocenters. The molecule has 8 nitrogen and oxygen atoms in total. The van der Waals surface area contributed by atoms with Gasteiger partial charge in [0.25, 0.3) is 0 Å². The third kappa shape index (κ3) is 31.4. The normalized spacial score (nSPS) is 9.38. The first-order chi connectivity index (χ1) is 3.71. The Hall–Kier alpha value is 2.27. The van der Waals surface area contributed by atoms with Crippen LogP contribution in [0.15, 0.2) is 0 Å². The van der Waals surface area contributed by atoms with Crippen LogP contribution in [-0.4, -0.2) is 15.6 Å². The van der Waals surface area contributed by atoms with Crippen molar-refractivity contribution in [2.45, 2.75) is 0 Å². The molecule has 0 fully saturated rings. The Bertz CT molecular complexity index is 245. The predicted molar refractivity (Wildman–Crippen MR) is 12.9 cm³/mol. The third-order valence-corrected chi connectivity index (χ3v) is 2.83. The number of hydrogen-bond donors (Lipinski definition) is 0. The Labute approximate surface area is 126 Å². The molecule has 13 heteroatoms. The summed E-state index contributed by atoms with van der Waals surface area (Å²) in [5.74, 6) is 0. The van der Waals surface area contributed by atoms with Crippen molar-refractivity contribution < 1.29 is 118 Å². The topological polar surface area (TPSA) is 154 Å². The fraction of sp³-hybridized carbons (Fsp3) is 0. The van der Waals surface area contributed by atoms with Gasteiger partial charge in [-0.1, -0.05) is 0 Å². The first kappa shape index (κ1) is 29.5. The van der Waals surface area contributed by atoms with E-state index in [-0.39, 0.29) is 74.7 Å². The molecule has 0 aromatic carbocycles. The van der Waals surface area contributed by atoms with Crippen LogP contribution in [0, 0.1) is 0 Å². The van der Waals surface area contributed by atoms with Crippen LogP contribution in [0.3, 0.4) is 0 Å². The van der Waals surface area contributed by atoms with Gasteiger partial charge in [-0.2, -0.15) is 0 Å². The maximum atomic E-state index is 9.38. The molecule has 0 aromatic heterocycles. The Morgan fingerprint density at radius 2 is 1.00 bits per heavy atom. The molecule has 66 valence electrons. The molecule has 0 bridgehead atoms. The molecular formula is H2BeCr2Na2O8. The molecule has 13 heavy (non-hydrogen) atoms. The third-order valence-electron chi connectivity index (χ3n) is 0.167. The molecular weight excluding hydrogens is 287 g/mol. The molecule has 1 N–H and O–H groups in total. The van der Waals surface area contributed by atoms with Gasteiger partial charge in [-0.15, -0.1) is 0 Å². The van der Waals surface area contributed by atoms with Crippen LogP contribution in [0.5, 0.6) is 0 Å². The van der Waals surface area contributed by atoms with E-state index in [0.29, 0.717) is 0 Å². The van der Waals surface area contributed by atoms with Gasteiger partial charge in [-0.05, 0) is 0 Å². The van der Waals surface area contributed by atoms with Gasteiger partial charge in [-0.25, -0.2) is 0 Å². The molecule has 0 heterocycles. The Balaban J connectivity index is -0.0000000533. The van der Waals surface area contributed by atoms with Gasteiger partial charge in [0, 0.05) is 0 Å². The maximum absolute atomic E-state index is 9.38. The van der Waals surface area contributed by atoms with Gasteiger partial charge in [-0.3, -0.25) is 0 Å². The van der Waals surface area contributed by atoms with Crippen LogP contribution in [0.1, 0.15) is 0 Å². The van der Waals surface area contributed by atoms with Crippen LogP contribution in [0.25, 0.3) is 0 Å². The molecule has 0 saturated carbocycles. The van der Waals surface area contributed by atoms with Gasteiger partial charge in [0.2, 0.25) is 0 Å². The molecule has 0 amide bonds. The number of rotatable bonds is 2. The minimum absolute atomic E-state index is 0. The van der Waals surface area contributed by atoms with Crippen molar-refractivity contribution in [3.8, 4) is 0 Å². The fourth-order valence-corrected chi connectivity index (χ4v) is 1.74. The summed E-state index contributed by atoms with van der Waals surface area (Å²) >= 11 is -12.1.